The molecule has 0 spiro atoms. The third-order valence-electron chi connectivity index (χ3n) is 3.18. The second-order valence-corrected chi connectivity index (χ2v) is 6.34. The number of hydrogen-bond acceptors (Lipinski definition) is 3. The summed E-state index contributed by atoms with van der Waals surface area (Å²) in [5, 5.41) is 8.21. The van der Waals surface area contributed by atoms with Crippen molar-refractivity contribution < 1.29 is 12.8 Å². The van der Waals surface area contributed by atoms with Gasteiger partial charge in [0.05, 0.1) is 5.75 Å². The van der Waals surface area contributed by atoms with E-state index in [0.717, 1.165) is 24.0 Å². The summed E-state index contributed by atoms with van der Waals surface area (Å²) >= 11 is 0. The van der Waals surface area contributed by atoms with Crippen molar-refractivity contribution in [3.05, 3.63) is 35.1 Å². The monoisotopic (exact) mass is 272 g/mol. The Morgan fingerprint density at radius 1 is 1.44 bits per heavy atom. The SMILES string of the molecule is NS(=O)(=O)CCCNC1CCc2cc(F)ccc21. The van der Waals surface area contributed by atoms with Gasteiger partial charge < -0.3 is 5.32 Å². The number of sulfonamides is 1. The van der Waals surface area contributed by atoms with Crippen molar-refractivity contribution in [1.82, 2.24) is 5.32 Å². The van der Waals surface area contributed by atoms with E-state index in [0.29, 0.717) is 13.0 Å². The number of aryl methyl sites for hydroxylation is 1. The minimum absolute atomic E-state index is 0.0109. The second kappa shape index (κ2) is 5.34. The summed E-state index contributed by atoms with van der Waals surface area (Å²) in [5.74, 6) is -0.216. The number of nitrogens with two attached hydrogens (primary N) is 1. The van der Waals surface area contributed by atoms with Gasteiger partial charge in [-0.05, 0) is 49.1 Å². The van der Waals surface area contributed by atoms with Gasteiger partial charge in [0, 0.05) is 6.04 Å². The standard InChI is InChI=1S/C12H17FN2O2S/c13-10-3-4-11-9(8-10)2-5-12(11)15-6-1-7-18(14,16)17/h3-4,8,12,15H,1-2,5-7H2,(H2,14,16,17). The topological polar surface area (TPSA) is 72.2 Å². The number of nitrogens with one attached hydrogen (secondary N) is 1. The van der Waals surface area contributed by atoms with Gasteiger partial charge in [0.1, 0.15) is 5.82 Å². The Bertz CT molecular complexity index is 531. The molecule has 0 bridgehead atoms. The van der Waals surface area contributed by atoms with Gasteiger partial charge in [0.2, 0.25) is 10.0 Å². The fourth-order valence-electron chi connectivity index (χ4n) is 2.35. The van der Waals surface area contributed by atoms with Crippen molar-refractivity contribution in [2.24, 2.45) is 5.14 Å². The molecule has 18 heavy (non-hydrogen) atoms. The molecule has 1 aliphatic rings. The van der Waals surface area contributed by atoms with Gasteiger partial charge in [0.25, 0.3) is 0 Å². The van der Waals surface area contributed by atoms with E-state index >= 15 is 0 Å². The molecule has 0 saturated carbocycles. The summed E-state index contributed by atoms with van der Waals surface area (Å²) in [7, 11) is -3.38. The lowest BCUT2D eigenvalue weighted by atomic mass is 10.1. The second-order valence-electron chi connectivity index (χ2n) is 4.61. The first-order valence-electron chi connectivity index (χ1n) is 5.98. The fraction of sp³-hybridized carbons (Fsp3) is 0.500. The van der Waals surface area contributed by atoms with Crippen LogP contribution in [0.3, 0.4) is 0 Å². The smallest absolute Gasteiger partial charge is 0.209 e. The maximum atomic E-state index is 13.0. The molecule has 2 rings (SSSR count). The van der Waals surface area contributed by atoms with Crippen LogP contribution in [0.2, 0.25) is 0 Å². The maximum Gasteiger partial charge on any atom is 0.209 e. The highest BCUT2D eigenvalue weighted by Gasteiger charge is 2.21. The van der Waals surface area contributed by atoms with Crippen molar-refractivity contribution in [3.8, 4) is 0 Å². The van der Waals surface area contributed by atoms with Crippen molar-refractivity contribution in [1.29, 1.82) is 0 Å². The molecule has 4 nitrogen and oxygen atoms in total. The zero-order valence-corrected chi connectivity index (χ0v) is 10.8. The van der Waals surface area contributed by atoms with Crippen LogP contribution in [-0.4, -0.2) is 20.7 Å². The van der Waals surface area contributed by atoms with E-state index in [1.54, 1.807) is 12.1 Å². The van der Waals surface area contributed by atoms with Gasteiger partial charge in [-0.25, -0.2) is 17.9 Å². The summed E-state index contributed by atoms with van der Waals surface area (Å²) in [5.41, 5.74) is 2.16. The van der Waals surface area contributed by atoms with Gasteiger partial charge in [-0.3, -0.25) is 0 Å². The Morgan fingerprint density at radius 2 is 2.22 bits per heavy atom. The first-order chi connectivity index (χ1) is 8.46. The zero-order valence-electron chi connectivity index (χ0n) is 10.0. The Kier molecular flexibility index (Phi) is 3.99. The van der Waals surface area contributed by atoms with Crippen LogP contribution in [0.5, 0.6) is 0 Å². The summed E-state index contributed by atoms with van der Waals surface area (Å²) in [6, 6.07) is 5.03. The molecule has 0 aliphatic heterocycles. The first kappa shape index (κ1) is 13.5. The highest BCUT2D eigenvalue weighted by Crippen LogP contribution is 2.31. The van der Waals surface area contributed by atoms with E-state index in [-0.39, 0.29) is 17.6 Å². The van der Waals surface area contributed by atoms with Crippen LogP contribution in [0.1, 0.15) is 30.0 Å². The van der Waals surface area contributed by atoms with Gasteiger partial charge >= 0.3 is 0 Å². The number of fused-ring (bicyclic) bond motifs is 1. The van der Waals surface area contributed by atoms with E-state index in [1.807, 2.05) is 0 Å². The molecular weight excluding hydrogens is 255 g/mol. The minimum Gasteiger partial charge on any atom is -0.310 e. The van der Waals surface area contributed by atoms with Gasteiger partial charge in [-0.2, -0.15) is 0 Å². The predicted molar refractivity (Wildman–Crippen MR) is 68.1 cm³/mol. The van der Waals surface area contributed by atoms with E-state index in [1.165, 1.54) is 6.07 Å². The Hall–Kier alpha value is -0.980. The number of hydrogen-bond donors (Lipinski definition) is 2. The van der Waals surface area contributed by atoms with Crippen molar-refractivity contribution in [3.63, 3.8) is 0 Å². The average Bonchev–Trinajstić information content (AvgIpc) is 2.65. The summed E-state index contributed by atoms with van der Waals surface area (Å²) in [6.07, 6.45) is 2.28. The molecule has 3 N–H and O–H groups in total. The molecule has 1 aliphatic carbocycles. The molecule has 1 unspecified atom stereocenters. The molecule has 1 atom stereocenters. The van der Waals surface area contributed by atoms with E-state index in [4.69, 9.17) is 5.14 Å². The van der Waals surface area contributed by atoms with Crippen LogP contribution >= 0.6 is 0 Å². The average molecular weight is 272 g/mol. The van der Waals surface area contributed by atoms with Gasteiger partial charge in [-0.15, -0.1) is 0 Å². The Labute approximate surface area is 106 Å². The van der Waals surface area contributed by atoms with Crippen molar-refractivity contribution in [2.45, 2.75) is 25.3 Å². The molecule has 1 aromatic rings. The molecule has 0 fully saturated rings. The van der Waals surface area contributed by atoms with Gasteiger partial charge in [0.15, 0.2) is 0 Å². The van der Waals surface area contributed by atoms with Crippen LogP contribution in [0.4, 0.5) is 4.39 Å². The van der Waals surface area contributed by atoms with E-state index in [2.05, 4.69) is 5.32 Å². The minimum atomic E-state index is -3.38. The summed E-state index contributed by atoms with van der Waals surface area (Å²) in [6.45, 7) is 0.595. The molecule has 0 saturated heterocycles. The third-order valence-corrected chi connectivity index (χ3v) is 4.04. The van der Waals surface area contributed by atoms with Crippen LogP contribution in [0, 0.1) is 5.82 Å². The molecule has 100 valence electrons. The number of halogens is 1. The molecule has 0 amide bonds. The van der Waals surface area contributed by atoms with E-state index in [9.17, 15) is 12.8 Å². The lowest BCUT2D eigenvalue weighted by Gasteiger charge is -2.13. The number of primary sulfonamides is 1. The predicted octanol–water partition coefficient (Wildman–Crippen LogP) is 1.08. The lowest BCUT2D eigenvalue weighted by Crippen LogP contribution is -2.24. The van der Waals surface area contributed by atoms with Crippen LogP contribution < -0.4 is 10.5 Å². The molecular formula is C12H17FN2O2S. The third kappa shape index (κ3) is 3.51. The molecule has 1 aromatic carbocycles. The van der Waals surface area contributed by atoms with Crippen LogP contribution in [-0.2, 0) is 16.4 Å². The van der Waals surface area contributed by atoms with Crippen LogP contribution in [0.15, 0.2) is 18.2 Å². The zero-order chi connectivity index (χ0) is 13.2. The highest BCUT2D eigenvalue weighted by molar-refractivity contribution is 7.89. The van der Waals surface area contributed by atoms with E-state index < -0.39 is 10.0 Å². The molecule has 0 aromatic heterocycles. The lowest BCUT2D eigenvalue weighted by molar-refractivity contribution is 0.526. The van der Waals surface area contributed by atoms with Crippen LogP contribution in [0.25, 0.3) is 0 Å². The first-order valence-corrected chi connectivity index (χ1v) is 7.69. The fourth-order valence-corrected chi connectivity index (χ4v) is 2.89. The Balaban J connectivity index is 1.87. The Morgan fingerprint density at radius 3 is 2.94 bits per heavy atom. The normalized spacial score (nSPS) is 18.9. The molecule has 0 radical (unpaired) electrons. The highest BCUT2D eigenvalue weighted by atomic mass is 32.2. The van der Waals surface area contributed by atoms with Gasteiger partial charge in [-0.1, -0.05) is 6.07 Å². The number of benzene rings is 1. The molecule has 0 heterocycles. The maximum absolute atomic E-state index is 13.0. The summed E-state index contributed by atoms with van der Waals surface area (Å²) < 4.78 is 34.6. The largest absolute Gasteiger partial charge is 0.310 e. The summed E-state index contributed by atoms with van der Waals surface area (Å²) in [4.78, 5) is 0. The number of rotatable bonds is 5. The quantitative estimate of drug-likeness (QED) is 0.788. The van der Waals surface area contributed by atoms with Crippen molar-refractivity contribution in [2.75, 3.05) is 12.3 Å². The van der Waals surface area contributed by atoms with Crippen molar-refractivity contribution >= 4 is 10.0 Å². The molecule has 6 heteroatoms.